The van der Waals surface area contributed by atoms with Gasteiger partial charge >= 0.3 is 0 Å². The Bertz CT molecular complexity index is 1010. The van der Waals surface area contributed by atoms with Gasteiger partial charge in [-0.25, -0.2) is 4.98 Å². The standard InChI is InChI=1S/C24H27N3O2/c1-4-26-14-18(12-22(26)28)15-27-16-25-23(19-8-6-5-7-9-19)24(27)20-11-10-17(2)21(13-20)29-3/h5-11,13,16,18H,4,12,14-15H2,1-3H3/t18-/m0/s1. The van der Waals surface area contributed by atoms with Crippen molar-refractivity contribution >= 4 is 5.91 Å². The molecule has 0 N–H and O–H groups in total. The minimum Gasteiger partial charge on any atom is -0.496 e. The lowest BCUT2D eigenvalue weighted by molar-refractivity contribution is -0.127. The minimum absolute atomic E-state index is 0.249. The van der Waals surface area contributed by atoms with Crippen LogP contribution in [0.3, 0.4) is 0 Å². The van der Waals surface area contributed by atoms with E-state index in [4.69, 9.17) is 9.72 Å². The molecule has 2 aromatic carbocycles. The maximum absolute atomic E-state index is 12.2. The van der Waals surface area contributed by atoms with Crippen LogP contribution in [0.1, 0.15) is 18.9 Å². The summed E-state index contributed by atoms with van der Waals surface area (Å²) in [5.41, 5.74) is 5.27. The molecule has 0 radical (unpaired) electrons. The van der Waals surface area contributed by atoms with E-state index in [-0.39, 0.29) is 5.91 Å². The molecule has 2 heterocycles. The first-order chi connectivity index (χ1) is 14.1. The van der Waals surface area contributed by atoms with E-state index in [2.05, 4.69) is 34.9 Å². The summed E-state index contributed by atoms with van der Waals surface area (Å²) in [5, 5.41) is 0. The Balaban J connectivity index is 1.76. The number of methoxy groups -OCH3 is 1. The zero-order valence-corrected chi connectivity index (χ0v) is 17.3. The van der Waals surface area contributed by atoms with Crippen LogP contribution < -0.4 is 4.74 Å². The van der Waals surface area contributed by atoms with E-state index in [0.717, 1.165) is 53.5 Å². The molecule has 1 aliphatic rings. The molecule has 1 aliphatic heterocycles. The molecular formula is C24H27N3O2. The van der Waals surface area contributed by atoms with Gasteiger partial charge in [0.1, 0.15) is 5.75 Å². The molecule has 5 heteroatoms. The van der Waals surface area contributed by atoms with Gasteiger partial charge in [-0.15, -0.1) is 0 Å². The number of rotatable bonds is 6. The van der Waals surface area contributed by atoms with Crippen LogP contribution in [-0.2, 0) is 11.3 Å². The zero-order chi connectivity index (χ0) is 20.4. The Hall–Kier alpha value is -3.08. The summed E-state index contributed by atoms with van der Waals surface area (Å²) >= 11 is 0. The second kappa shape index (κ2) is 8.11. The smallest absolute Gasteiger partial charge is 0.222 e. The highest BCUT2D eigenvalue weighted by atomic mass is 16.5. The van der Waals surface area contributed by atoms with Gasteiger partial charge in [-0.3, -0.25) is 4.79 Å². The number of nitrogens with zero attached hydrogens (tertiary/aromatic N) is 3. The van der Waals surface area contributed by atoms with E-state index < -0.39 is 0 Å². The van der Waals surface area contributed by atoms with Gasteiger partial charge in [0, 0.05) is 43.1 Å². The van der Waals surface area contributed by atoms with Crippen molar-refractivity contribution in [3.05, 3.63) is 60.4 Å². The molecule has 1 aromatic heterocycles. The molecule has 3 aromatic rings. The van der Waals surface area contributed by atoms with Crippen LogP contribution in [-0.4, -0.2) is 40.6 Å². The topological polar surface area (TPSA) is 47.4 Å². The molecule has 0 saturated carbocycles. The van der Waals surface area contributed by atoms with Crippen molar-refractivity contribution in [2.75, 3.05) is 20.2 Å². The van der Waals surface area contributed by atoms with Crippen molar-refractivity contribution in [3.63, 3.8) is 0 Å². The van der Waals surface area contributed by atoms with E-state index >= 15 is 0 Å². The third kappa shape index (κ3) is 3.77. The SMILES string of the molecule is CCN1C[C@@H](Cn2cnc(-c3ccccc3)c2-c2ccc(C)c(OC)c2)CC1=O. The van der Waals surface area contributed by atoms with Crippen LogP contribution in [0.15, 0.2) is 54.9 Å². The first-order valence-electron chi connectivity index (χ1n) is 10.1. The van der Waals surface area contributed by atoms with Gasteiger partial charge < -0.3 is 14.2 Å². The molecule has 5 nitrogen and oxygen atoms in total. The highest BCUT2D eigenvalue weighted by Crippen LogP contribution is 2.35. The number of carbonyl (C=O) groups is 1. The number of carbonyl (C=O) groups excluding carboxylic acids is 1. The summed E-state index contributed by atoms with van der Waals surface area (Å²) in [6, 6.07) is 16.5. The van der Waals surface area contributed by atoms with Crippen LogP contribution >= 0.6 is 0 Å². The average molecular weight is 389 g/mol. The minimum atomic E-state index is 0.249. The fourth-order valence-corrected chi connectivity index (χ4v) is 4.16. The average Bonchev–Trinajstić information content (AvgIpc) is 3.32. The second-order valence-corrected chi connectivity index (χ2v) is 7.65. The van der Waals surface area contributed by atoms with Gasteiger partial charge in [0.2, 0.25) is 5.91 Å². The van der Waals surface area contributed by atoms with Crippen LogP contribution in [0.2, 0.25) is 0 Å². The molecule has 0 aliphatic carbocycles. The molecule has 0 spiro atoms. The number of hydrogen-bond acceptors (Lipinski definition) is 3. The fraction of sp³-hybridized carbons (Fsp3) is 0.333. The molecule has 4 rings (SSSR count). The molecule has 0 bridgehead atoms. The summed E-state index contributed by atoms with van der Waals surface area (Å²) in [6.45, 7) is 6.44. The van der Waals surface area contributed by atoms with Crippen LogP contribution in [0.25, 0.3) is 22.5 Å². The largest absolute Gasteiger partial charge is 0.496 e. The van der Waals surface area contributed by atoms with Crippen LogP contribution in [0, 0.1) is 12.8 Å². The number of aryl methyl sites for hydroxylation is 1. The maximum atomic E-state index is 12.2. The zero-order valence-electron chi connectivity index (χ0n) is 17.3. The van der Waals surface area contributed by atoms with Crippen LogP contribution in [0.4, 0.5) is 0 Å². The van der Waals surface area contributed by atoms with Crippen molar-refractivity contribution in [1.82, 2.24) is 14.5 Å². The van der Waals surface area contributed by atoms with E-state index in [0.29, 0.717) is 12.3 Å². The van der Waals surface area contributed by atoms with Crippen molar-refractivity contribution in [2.24, 2.45) is 5.92 Å². The Morgan fingerprint density at radius 3 is 2.62 bits per heavy atom. The second-order valence-electron chi connectivity index (χ2n) is 7.65. The summed E-state index contributed by atoms with van der Waals surface area (Å²) < 4.78 is 7.76. The van der Waals surface area contributed by atoms with Gasteiger partial charge in [-0.05, 0) is 25.5 Å². The lowest BCUT2D eigenvalue weighted by Gasteiger charge is -2.17. The first kappa shape index (κ1) is 19.2. The highest BCUT2D eigenvalue weighted by Gasteiger charge is 2.29. The van der Waals surface area contributed by atoms with E-state index in [9.17, 15) is 4.79 Å². The third-order valence-corrected chi connectivity index (χ3v) is 5.70. The first-order valence-corrected chi connectivity index (χ1v) is 10.1. The van der Waals surface area contributed by atoms with E-state index in [1.54, 1.807) is 7.11 Å². The third-order valence-electron chi connectivity index (χ3n) is 5.70. The molecule has 150 valence electrons. The van der Waals surface area contributed by atoms with Crippen molar-refractivity contribution in [1.29, 1.82) is 0 Å². The van der Waals surface area contributed by atoms with E-state index in [1.165, 1.54) is 0 Å². The predicted molar refractivity (Wildman–Crippen MR) is 115 cm³/mol. The van der Waals surface area contributed by atoms with Gasteiger partial charge in [0.25, 0.3) is 0 Å². The quantitative estimate of drug-likeness (QED) is 0.628. The summed E-state index contributed by atoms with van der Waals surface area (Å²) in [4.78, 5) is 18.9. The van der Waals surface area contributed by atoms with Crippen molar-refractivity contribution in [3.8, 4) is 28.3 Å². The Morgan fingerprint density at radius 2 is 1.93 bits per heavy atom. The molecular weight excluding hydrogens is 362 g/mol. The number of benzene rings is 2. The van der Waals surface area contributed by atoms with Gasteiger partial charge in [-0.1, -0.05) is 42.5 Å². The molecule has 29 heavy (non-hydrogen) atoms. The lowest BCUT2D eigenvalue weighted by Crippen LogP contribution is -2.25. The lowest BCUT2D eigenvalue weighted by atomic mass is 10.0. The number of hydrogen-bond donors (Lipinski definition) is 0. The number of imidazole rings is 1. The van der Waals surface area contributed by atoms with E-state index in [1.807, 2.05) is 43.3 Å². The summed E-state index contributed by atoms with van der Waals surface area (Å²) in [5.74, 6) is 1.41. The molecule has 1 amide bonds. The maximum Gasteiger partial charge on any atom is 0.222 e. The predicted octanol–water partition coefficient (Wildman–Crippen LogP) is 4.40. The van der Waals surface area contributed by atoms with Gasteiger partial charge in [-0.2, -0.15) is 0 Å². The molecule has 1 saturated heterocycles. The Labute approximate surface area is 171 Å². The normalized spacial score (nSPS) is 16.4. The monoisotopic (exact) mass is 389 g/mol. The van der Waals surface area contributed by atoms with Crippen molar-refractivity contribution < 1.29 is 9.53 Å². The fourth-order valence-electron chi connectivity index (χ4n) is 4.16. The Kier molecular flexibility index (Phi) is 5.38. The van der Waals surface area contributed by atoms with Gasteiger partial charge in [0.15, 0.2) is 0 Å². The summed E-state index contributed by atoms with van der Waals surface area (Å²) in [7, 11) is 1.70. The molecule has 0 unspecified atom stereocenters. The Morgan fingerprint density at radius 1 is 1.14 bits per heavy atom. The number of aromatic nitrogens is 2. The van der Waals surface area contributed by atoms with Crippen molar-refractivity contribution in [2.45, 2.75) is 26.8 Å². The summed E-state index contributed by atoms with van der Waals surface area (Å²) in [6.07, 6.45) is 2.51. The molecule has 1 atom stereocenters. The van der Waals surface area contributed by atoms with Gasteiger partial charge in [0.05, 0.1) is 24.8 Å². The number of amides is 1. The van der Waals surface area contributed by atoms with Crippen LogP contribution in [0.5, 0.6) is 5.75 Å². The molecule has 1 fully saturated rings. The highest BCUT2D eigenvalue weighted by molar-refractivity contribution is 5.80. The number of ether oxygens (including phenoxy) is 1. The number of likely N-dealkylation sites (tertiary alicyclic amines) is 1.